The fourth-order valence-corrected chi connectivity index (χ4v) is 1.75. The molecule has 0 bridgehead atoms. The third-order valence-electron chi connectivity index (χ3n) is 3.12. The second kappa shape index (κ2) is 9.05. The normalized spacial score (nSPS) is 14.6. The summed E-state index contributed by atoms with van der Waals surface area (Å²) in [5, 5.41) is 3.07. The molecule has 1 fully saturated rings. The van der Waals surface area contributed by atoms with Gasteiger partial charge in [-0.2, -0.15) is 0 Å². The molecule has 0 heterocycles. The van der Waals surface area contributed by atoms with Gasteiger partial charge in [0.1, 0.15) is 5.75 Å². The van der Waals surface area contributed by atoms with E-state index in [4.69, 9.17) is 10.5 Å². The molecule has 0 unspecified atom stereocenters. The van der Waals surface area contributed by atoms with Crippen molar-refractivity contribution in [2.45, 2.75) is 32.7 Å². The highest BCUT2D eigenvalue weighted by Crippen LogP contribution is 2.30. The molecule has 1 aliphatic rings. The van der Waals surface area contributed by atoms with E-state index in [-0.39, 0.29) is 24.0 Å². The molecule has 1 aromatic rings. The van der Waals surface area contributed by atoms with Crippen LogP contribution in [0.1, 0.15) is 31.7 Å². The Morgan fingerprint density at radius 3 is 2.85 bits per heavy atom. The summed E-state index contributed by atoms with van der Waals surface area (Å²) >= 11 is 0. The van der Waals surface area contributed by atoms with E-state index >= 15 is 0 Å². The first kappa shape index (κ1) is 17.1. The van der Waals surface area contributed by atoms with Crippen molar-refractivity contribution in [2.75, 3.05) is 13.2 Å². The summed E-state index contributed by atoms with van der Waals surface area (Å²) in [6, 6.07) is 8.04. The van der Waals surface area contributed by atoms with Gasteiger partial charge in [-0.25, -0.2) is 4.99 Å². The number of hydrogen-bond acceptors (Lipinski definition) is 2. The molecule has 4 nitrogen and oxygen atoms in total. The summed E-state index contributed by atoms with van der Waals surface area (Å²) in [4.78, 5) is 4.34. The molecule has 1 aromatic carbocycles. The number of benzene rings is 1. The van der Waals surface area contributed by atoms with Gasteiger partial charge in [0.25, 0.3) is 0 Å². The SMILES string of the molecule is CCCNC(N)=NCc1ccccc1OCC1CC1.I. The van der Waals surface area contributed by atoms with Crippen LogP contribution in [0.2, 0.25) is 0 Å². The predicted molar refractivity (Wildman–Crippen MR) is 93.7 cm³/mol. The average molecular weight is 389 g/mol. The number of nitrogens with one attached hydrogen (secondary N) is 1. The first-order valence-corrected chi connectivity index (χ1v) is 7.04. The molecule has 0 aromatic heterocycles. The quantitative estimate of drug-likeness (QED) is 0.428. The summed E-state index contributed by atoms with van der Waals surface area (Å²) in [5.74, 6) is 2.19. The van der Waals surface area contributed by atoms with Crippen LogP contribution in [0.25, 0.3) is 0 Å². The Hall–Kier alpha value is -0.980. The monoisotopic (exact) mass is 389 g/mol. The van der Waals surface area contributed by atoms with Gasteiger partial charge >= 0.3 is 0 Å². The lowest BCUT2D eigenvalue weighted by molar-refractivity contribution is 0.297. The van der Waals surface area contributed by atoms with E-state index in [1.807, 2.05) is 24.3 Å². The summed E-state index contributed by atoms with van der Waals surface area (Å²) in [7, 11) is 0. The van der Waals surface area contributed by atoms with Crippen LogP contribution in [0.5, 0.6) is 5.75 Å². The number of para-hydroxylation sites is 1. The standard InChI is InChI=1S/C15H23N3O.HI/c1-2-9-17-15(16)18-10-13-5-3-4-6-14(13)19-11-12-7-8-12;/h3-6,12H,2,7-11H2,1H3,(H3,16,17,18);1H. The Kier molecular flexibility index (Phi) is 7.72. The highest BCUT2D eigenvalue weighted by atomic mass is 127. The number of halogens is 1. The molecule has 112 valence electrons. The van der Waals surface area contributed by atoms with Gasteiger partial charge in [0.15, 0.2) is 5.96 Å². The Bertz CT molecular complexity index is 433. The van der Waals surface area contributed by atoms with Crippen molar-refractivity contribution in [3.8, 4) is 5.75 Å². The third kappa shape index (κ3) is 5.98. The fourth-order valence-electron chi connectivity index (χ4n) is 1.75. The van der Waals surface area contributed by atoms with Crippen LogP contribution in [0, 0.1) is 5.92 Å². The van der Waals surface area contributed by atoms with Crippen LogP contribution >= 0.6 is 24.0 Å². The Labute approximate surface area is 138 Å². The van der Waals surface area contributed by atoms with Crippen molar-refractivity contribution in [3.05, 3.63) is 29.8 Å². The predicted octanol–water partition coefficient (Wildman–Crippen LogP) is 2.91. The van der Waals surface area contributed by atoms with Crippen molar-refractivity contribution in [1.29, 1.82) is 0 Å². The van der Waals surface area contributed by atoms with Gasteiger partial charge in [-0.05, 0) is 31.2 Å². The van der Waals surface area contributed by atoms with Gasteiger partial charge in [-0.15, -0.1) is 24.0 Å². The summed E-state index contributed by atoms with van der Waals surface area (Å²) in [6.07, 6.45) is 3.64. The molecule has 1 saturated carbocycles. The van der Waals surface area contributed by atoms with Crippen molar-refractivity contribution in [2.24, 2.45) is 16.6 Å². The number of guanidine groups is 1. The van der Waals surface area contributed by atoms with Crippen LogP contribution in [-0.4, -0.2) is 19.1 Å². The zero-order valence-electron chi connectivity index (χ0n) is 12.0. The van der Waals surface area contributed by atoms with Gasteiger partial charge in [0.2, 0.25) is 0 Å². The van der Waals surface area contributed by atoms with E-state index in [9.17, 15) is 0 Å². The molecule has 3 N–H and O–H groups in total. The molecule has 0 radical (unpaired) electrons. The molecule has 0 aliphatic heterocycles. The lowest BCUT2D eigenvalue weighted by Gasteiger charge is -2.10. The minimum absolute atomic E-state index is 0. The number of rotatable bonds is 7. The van der Waals surface area contributed by atoms with Crippen LogP contribution in [0.3, 0.4) is 0 Å². The maximum atomic E-state index is 5.84. The first-order valence-electron chi connectivity index (χ1n) is 7.04. The third-order valence-corrected chi connectivity index (χ3v) is 3.12. The molecule has 0 saturated heterocycles. The van der Waals surface area contributed by atoms with Crippen molar-refractivity contribution < 1.29 is 4.74 Å². The van der Waals surface area contributed by atoms with Crippen LogP contribution in [0.15, 0.2) is 29.3 Å². The summed E-state index contributed by atoms with van der Waals surface area (Å²) in [6.45, 7) is 4.34. The topological polar surface area (TPSA) is 59.6 Å². The Balaban J connectivity index is 0.00000200. The number of hydrogen-bond donors (Lipinski definition) is 2. The largest absolute Gasteiger partial charge is 0.493 e. The highest BCUT2D eigenvalue weighted by Gasteiger charge is 2.22. The fraction of sp³-hybridized carbons (Fsp3) is 0.533. The maximum absolute atomic E-state index is 5.84. The van der Waals surface area contributed by atoms with Gasteiger partial charge in [-0.3, -0.25) is 0 Å². The molecule has 5 heteroatoms. The van der Waals surface area contributed by atoms with E-state index in [1.165, 1.54) is 12.8 Å². The van der Waals surface area contributed by atoms with E-state index in [2.05, 4.69) is 17.2 Å². The Morgan fingerprint density at radius 2 is 2.15 bits per heavy atom. The van der Waals surface area contributed by atoms with Crippen molar-refractivity contribution in [3.63, 3.8) is 0 Å². The zero-order chi connectivity index (χ0) is 13.5. The molecular weight excluding hydrogens is 365 g/mol. The Morgan fingerprint density at radius 1 is 1.40 bits per heavy atom. The number of ether oxygens (including phenoxy) is 1. The minimum Gasteiger partial charge on any atom is -0.493 e. The second-order valence-electron chi connectivity index (χ2n) is 4.99. The van der Waals surface area contributed by atoms with Gasteiger partial charge in [-0.1, -0.05) is 25.1 Å². The zero-order valence-corrected chi connectivity index (χ0v) is 14.3. The first-order chi connectivity index (χ1) is 9.29. The van der Waals surface area contributed by atoms with Gasteiger partial charge in [0, 0.05) is 12.1 Å². The number of nitrogens with zero attached hydrogens (tertiary/aromatic N) is 1. The number of nitrogens with two attached hydrogens (primary N) is 1. The van der Waals surface area contributed by atoms with E-state index in [1.54, 1.807) is 0 Å². The lowest BCUT2D eigenvalue weighted by atomic mass is 10.2. The molecule has 0 atom stereocenters. The summed E-state index contributed by atoms with van der Waals surface area (Å²) < 4.78 is 5.84. The average Bonchev–Trinajstić information content (AvgIpc) is 3.25. The molecule has 1 aliphatic carbocycles. The smallest absolute Gasteiger partial charge is 0.188 e. The van der Waals surface area contributed by atoms with Crippen molar-refractivity contribution in [1.82, 2.24) is 5.32 Å². The van der Waals surface area contributed by atoms with Crippen LogP contribution < -0.4 is 15.8 Å². The molecule has 2 rings (SSSR count). The maximum Gasteiger partial charge on any atom is 0.188 e. The van der Waals surface area contributed by atoms with E-state index in [0.717, 1.165) is 36.8 Å². The lowest BCUT2D eigenvalue weighted by Crippen LogP contribution is -2.32. The molecule has 20 heavy (non-hydrogen) atoms. The summed E-state index contributed by atoms with van der Waals surface area (Å²) in [5.41, 5.74) is 6.88. The van der Waals surface area contributed by atoms with Gasteiger partial charge < -0.3 is 15.8 Å². The minimum atomic E-state index is 0. The molecule has 0 spiro atoms. The molecular formula is C15H24IN3O. The van der Waals surface area contributed by atoms with Crippen LogP contribution in [-0.2, 0) is 6.54 Å². The molecule has 0 amide bonds. The van der Waals surface area contributed by atoms with E-state index in [0.29, 0.717) is 12.5 Å². The number of aliphatic imine (C=N–C) groups is 1. The van der Waals surface area contributed by atoms with Crippen LogP contribution in [0.4, 0.5) is 0 Å². The van der Waals surface area contributed by atoms with Gasteiger partial charge in [0.05, 0.1) is 13.2 Å². The second-order valence-corrected chi connectivity index (χ2v) is 4.99. The van der Waals surface area contributed by atoms with E-state index < -0.39 is 0 Å². The van der Waals surface area contributed by atoms with Crippen molar-refractivity contribution >= 4 is 29.9 Å². The highest BCUT2D eigenvalue weighted by molar-refractivity contribution is 14.0.